The molecule has 16 heavy (non-hydrogen) atoms. The third-order valence-electron chi connectivity index (χ3n) is 1.77. The van der Waals surface area contributed by atoms with Crippen molar-refractivity contribution >= 4 is 28.7 Å². The summed E-state index contributed by atoms with van der Waals surface area (Å²) in [6.07, 6.45) is 1.23. The number of halogens is 1. The van der Waals surface area contributed by atoms with E-state index in [9.17, 15) is 4.79 Å². The van der Waals surface area contributed by atoms with Gasteiger partial charge in [-0.2, -0.15) is 0 Å². The number of rotatable bonds is 4. The Balaban J connectivity index is 2.57. The van der Waals surface area contributed by atoms with Crippen LogP contribution in [0.5, 0.6) is 5.75 Å². The molecule has 5 nitrogen and oxygen atoms in total. The minimum absolute atomic E-state index is 0.187. The van der Waals surface area contributed by atoms with Gasteiger partial charge in [-0.3, -0.25) is 0 Å². The van der Waals surface area contributed by atoms with Crippen LogP contribution >= 0.6 is 22.6 Å². The van der Waals surface area contributed by atoms with E-state index in [0.717, 1.165) is 9.26 Å². The Morgan fingerprint density at radius 1 is 1.62 bits per heavy atom. The van der Waals surface area contributed by atoms with Gasteiger partial charge in [-0.1, -0.05) is 0 Å². The number of nitrogens with one attached hydrogen (secondary N) is 1. The van der Waals surface area contributed by atoms with Gasteiger partial charge < -0.3 is 14.8 Å². The Hall–Kier alpha value is -1.05. The summed E-state index contributed by atoms with van der Waals surface area (Å²) >= 11 is 2.08. The number of nitrogens with zero attached hydrogens (tertiary/aromatic N) is 1. The Bertz CT molecular complexity index is 371. The molecule has 0 aliphatic rings. The lowest BCUT2D eigenvalue weighted by Gasteiger charge is -2.07. The van der Waals surface area contributed by atoms with E-state index >= 15 is 0 Å². The average Bonchev–Trinajstić information content (AvgIpc) is 2.28. The maximum Gasteiger partial charge on any atom is 0.407 e. The third kappa shape index (κ3) is 3.84. The zero-order valence-corrected chi connectivity index (χ0v) is 11.3. The van der Waals surface area contributed by atoms with Crippen molar-refractivity contribution in [1.82, 2.24) is 10.3 Å². The first kappa shape index (κ1) is 13.0. The molecule has 0 spiro atoms. The fraction of sp³-hybridized carbons (Fsp3) is 0.400. The number of amides is 1. The van der Waals surface area contributed by atoms with Crippen molar-refractivity contribution in [3.8, 4) is 5.75 Å². The van der Waals surface area contributed by atoms with Gasteiger partial charge in [0.05, 0.1) is 7.11 Å². The van der Waals surface area contributed by atoms with Crippen LogP contribution < -0.4 is 10.1 Å². The lowest BCUT2D eigenvalue weighted by atomic mass is 10.3. The van der Waals surface area contributed by atoms with Crippen LogP contribution in [0.3, 0.4) is 0 Å². The van der Waals surface area contributed by atoms with Crippen molar-refractivity contribution in [3.05, 3.63) is 21.5 Å². The van der Waals surface area contributed by atoms with Gasteiger partial charge in [0.25, 0.3) is 0 Å². The normalized spacial score (nSPS) is 9.69. The molecule has 0 aliphatic carbocycles. The second-order valence-electron chi connectivity index (χ2n) is 2.94. The van der Waals surface area contributed by atoms with Crippen LogP contribution in [-0.2, 0) is 11.3 Å². The third-order valence-corrected chi connectivity index (χ3v) is 2.58. The number of aromatic nitrogens is 1. The molecule has 1 aromatic heterocycles. The topological polar surface area (TPSA) is 60.5 Å². The van der Waals surface area contributed by atoms with Gasteiger partial charge >= 0.3 is 6.09 Å². The standard InChI is InChI=1S/C10H13IN2O3/c1-3-12-10(14)16-6-7-4-8(15-2)9(11)13-5-7/h4-5H,3,6H2,1-2H3,(H,12,14). The van der Waals surface area contributed by atoms with Crippen LogP contribution in [0.2, 0.25) is 0 Å². The van der Waals surface area contributed by atoms with Gasteiger partial charge in [-0.05, 0) is 35.6 Å². The highest BCUT2D eigenvalue weighted by Gasteiger charge is 2.05. The summed E-state index contributed by atoms with van der Waals surface area (Å²) in [4.78, 5) is 15.2. The van der Waals surface area contributed by atoms with Crippen LogP contribution in [-0.4, -0.2) is 24.7 Å². The molecule has 0 unspecified atom stereocenters. The lowest BCUT2D eigenvalue weighted by molar-refractivity contribution is 0.140. The number of alkyl carbamates (subject to hydrolysis) is 1. The quantitative estimate of drug-likeness (QED) is 0.674. The highest BCUT2D eigenvalue weighted by atomic mass is 127. The molecular formula is C10H13IN2O3. The molecule has 88 valence electrons. The molecule has 0 aromatic carbocycles. The van der Waals surface area contributed by atoms with Gasteiger partial charge in [0.1, 0.15) is 10.3 Å². The fourth-order valence-corrected chi connectivity index (χ4v) is 1.55. The number of methoxy groups -OCH3 is 1. The van der Waals surface area contributed by atoms with Gasteiger partial charge in [0.15, 0.2) is 5.75 Å². The van der Waals surface area contributed by atoms with Gasteiger partial charge in [-0.25, -0.2) is 9.78 Å². The Morgan fingerprint density at radius 2 is 2.38 bits per heavy atom. The summed E-state index contributed by atoms with van der Waals surface area (Å²) in [6, 6.07) is 1.80. The monoisotopic (exact) mass is 336 g/mol. The Labute approximate surface area is 108 Å². The smallest absolute Gasteiger partial charge is 0.407 e. The first-order chi connectivity index (χ1) is 7.67. The number of carbonyl (C=O) groups excluding carboxylic acids is 1. The van der Waals surface area contributed by atoms with E-state index in [1.165, 1.54) is 0 Å². The number of carbonyl (C=O) groups is 1. The molecule has 6 heteroatoms. The molecule has 0 bridgehead atoms. The summed E-state index contributed by atoms with van der Waals surface area (Å²) in [6.45, 7) is 2.57. The fourth-order valence-electron chi connectivity index (χ4n) is 1.03. The molecule has 0 atom stereocenters. The predicted octanol–water partition coefficient (Wildman–Crippen LogP) is 1.94. The summed E-state index contributed by atoms with van der Waals surface area (Å²) in [5.74, 6) is 0.678. The Kier molecular flexibility index (Phi) is 5.30. The second-order valence-corrected chi connectivity index (χ2v) is 3.96. The van der Waals surface area contributed by atoms with Crippen molar-refractivity contribution in [2.75, 3.05) is 13.7 Å². The molecule has 0 fully saturated rings. The molecule has 0 aliphatic heterocycles. The largest absolute Gasteiger partial charge is 0.494 e. The van der Waals surface area contributed by atoms with Gasteiger partial charge in [-0.15, -0.1) is 0 Å². The number of hydrogen-bond donors (Lipinski definition) is 1. The highest BCUT2D eigenvalue weighted by molar-refractivity contribution is 14.1. The average molecular weight is 336 g/mol. The zero-order chi connectivity index (χ0) is 12.0. The molecule has 0 saturated carbocycles. The lowest BCUT2D eigenvalue weighted by Crippen LogP contribution is -2.23. The van der Waals surface area contributed by atoms with Crippen LogP contribution in [0.15, 0.2) is 12.3 Å². The molecule has 1 heterocycles. The molecular weight excluding hydrogens is 323 g/mol. The molecule has 0 radical (unpaired) electrons. The number of hydrogen-bond acceptors (Lipinski definition) is 4. The van der Waals surface area contributed by atoms with Crippen LogP contribution in [0.1, 0.15) is 12.5 Å². The molecule has 1 aromatic rings. The second kappa shape index (κ2) is 6.51. The first-order valence-electron chi connectivity index (χ1n) is 4.76. The van der Waals surface area contributed by atoms with E-state index < -0.39 is 6.09 Å². The van der Waals surface area contributed by atoms with E-state index in [1.54, 1.807) is 19.4 Å². The maximum absolute atomic E-state index is 11.1. The molecule has 1 amide bonds. The Morgan fingerprint density at radius 3 is 3.00 bits per heavy atom. The van der Waals surface area contributed by atoms with Crippen molar-refractivity contribution < 1.29 is 14.3 Å². The highest BCUT2D eigenvalue weighted by Crippen LogP contribution is 2.19. The van der Waals surface area contributed by atoms with E-state index in [-0.39, 0.29) is 6.61 Å². The molecule has 1 rings (SSSR count). The summed E-state index contributed by atoms with van der Waals surface area (Å²) in [5, 5.41) is 2.54. The summed E-state index contributed by atoms with van der Waals surface area (Å²) in [5.41, 5.74) is 0.795. The van der Waals surface area contributed by atoms with Crippen LogP contribution in [0, 0.1) is 3.70 Å². The summed E-state index contributed by atoms with van der Waals surface area (Å²) < 4.78 is 10.9. The van der Waals surface area contributed by atoms with E-state index in [4.69, 9.17) is 9.47 Å². The van der Waals surface area contributed by atoms with Gasteiger partial charge in [0, 0.05) is 18.3 Å². The van der Waals surface area contributed by atoms with E-state index in [1.807, 2.05) is 6.92 Å². The maximum atomic E-state index is 11.1. The number of ether oxygens (including phenoxy) is 2. The molecule has 0 saturated heterocycles. The van der Waals surface area contributed by atoms with Crippen molar-refractivity contribution in [2.45, 2.75) is 13.5 Å². The van der Waals surface area contributed by atoms with Crippen LogP contribution in [0.25, 0.3) is 0 Å². The van der Waals surface area contributed by atoms with Crippen LogP contribution in [0.4, 0.5) is 4.79 Å². The van der Waals surface area contributed by atoms with E-state index in [2.05, 4.69) is 32.9 Å². The minimum Gasteiger partial charge on any atom is -0.494 e. The molecule has 1 N–H and O–H groups in total. The SMILES string of the molecule is CCNC(=O)OCc1cnc(I)c(OC)c1. The van der Waals surface area contributed by atoms with Gasteiger partial charge in [0.2, 0.25) is 0 Å². The van der Waals surface area contributed by atoms with Crippen molar-refractivity contribution in [2.24, 2.45) is 0 Å². The first-order valence-corrected chi connectivity index (χ1v) is 5.84. The predicted molar refractivity (Wildman–Crippen MR) is 67.4 cm³/mol. The zero-order valence-electron chi connectivity index (χ0n) is 9.12. The summed E-state index contributed by atoms with van der Waals surface area (Å²) in [7, 11) is 1.58. The van der Waals surface area contributed by atoms with Crippen molar-refractivity contribution in [1.29, 1.82) is 0 Å². The van der Waals surface area contributed by atoms with Crippen molar-refractivity contribution in [3.63, 3.8) is 0 Å². The number of pyridine rings is 1. The van der Waals surface area contributed by atoms with E-state index in [0.29, 0.717) is 12.3 Å². The minimum atomic E-state index is -0.431.